The first-order valence-electron chi connectivity index (χ1n) is 12.9. The number of hydrogen-bond donors (Lipinski definition) is 4. The van der Waals surface area contributed by atoms with Crippen LogP contribution in [0.1, 0.15) is 46.2 Å². The van der Waals surface area contributed by atoms with Gasteiger partial charge in [-0.3, -0.25) is 18.6 Å². The number of imidazole rings is 1. The molecule has 1 saturated heterocycles. The summed E-state index contributed by atoms with van der Waals surface area (Å²) < 4.78 is 136. The van der Waals surface area contributed by atoms with E-state index in [0.29, 0.717) is 6.07 Å². The molecule has 20 heteroatoms. The summed E-state index contributed by atoms with van der Waals surface area (Å²) in [6, 6.07) is 9.71. The number of halogens is 6. The monoisotopic (exact) mass is 696 g/mol. The van der Waals surface area contributed by atoms with Crippen LogP contribution in [0, 0.1) is 6.92 Å². The smallest absolute Gasteiger partial charge is 0.455 e. The van der Waals surface area contributed by atoms with E-state index in [1.165, 1.54) is 42.5 Å². The van der Waals surface area contributed by atoms with E-state index in [1.54, 1.807) is 6.07 Å². The number of sulfonamides is 1. The number of carbonyl (C=O) groups excluding carboxylic acids is 2. The van der Waals surface area contributed by atoms with Crippen LogP contribution in [0.3, 0.4) is 0 Å². The molecule has 4 aromatic rings. The van der Waals surface area contributed by atoms with Gasteiger partial charge in [0.2, 0.25) is 11.7 Å². The number of aromatic amines is 1. The number of aromatic nitrogens is 2. The van der Waals surface area contributed by atoms with Gasteiger partial charge in [-0.25, -0.2) is 18.2 Å². The Bertz CT molecular complexity index is 1870. The third-order valence-electron chi connectivity index (χ3n) is 6.79. The van der Waals surface area contributed by atoms with E-state index in [1.807, 2.05) is 0 Å². The normalized spacial score (nSPS) is 18.5. The molecule has 4 N–H and O–H groups in total. The number of rotatable bonds is 8. The first-order chi connectivity index (χ1) is 21.3. The van der Waals surface area contributed by atoms with Crippen LogP contribution in [0.4, 0.5) is 26.3 Å². The fraction of sp³-hybridized carbons (Fsp3) is 0.269. The fourth-order valence-corrected chi connectivity index (χ4v) is 7.81. The molecular formula is C26H22F6N4O8S2. The van der Waals surface area contributed by atoms with Crippen molar-refractivity contribution in [3.63, 3.8) is 0 Å². The van der Waals surface area contributed by atoms with Crippen LogP contribution in [0.15, 0.2) is 63.9 Å². The molecule has 0 saturated carbocycles. The first-order valence-corrected chi connectivity index (χ1v) is 15.9. The lowest BCUT2D eigenvalue weighted by atomic mass is 10.0. The van der Waals surface area contributed by atoms with Crippen molar-refractivity contribution in [1.82, 2.24) is 19.2 Å². The van der Waals surface area contributed by atoms with Crippen LogP contribution in [-0.2, 0) is 37.0 Å². The number of carbonyl (C=O) groups is 2. The predicted molar refractivity (Wildman–Crippen MR) is 147 cm³/mol. The lowest BCUT2D eigenvalue weighted by Crippen LogP contribution is -2.42. The Morgan fingerprint density at radius 3 is 2.35 bits per heavy atom. The molecule has 1 amide bonds. The number of furan rings is 1. The van der Waals surface area contributed by atoms with E-state index in [-0.39, 0.29) is 28.6 Å². The highest BCUT2D eigenvalue weighted by Crippen LogP contribution is 2.56. The molecule has 5 rings (SSSR count). The summed E-state index contributed by atoms with van der Waals surface area (Å²) >= 11 is 0. The largest absolute Gasteiger partial charge is 0.492 e. The maximum absolute atomic E-state index is 13.8. The van der Waals surface area contributed by atoms with E-state index in [0.717, 1.165) is 6.92 Å². The molecule has 248 valence electrons. The van der Waals surface area contributed by atoms with Crippen LogP contribution >= 0.6 is 10.8 Å². The van der Waals surface area contributed by atoms with Crippen molar-refractivity contribution in [2.24, 2.45) is 0 Å². The second-order valence-corrected chi connectivity index (χ2v) is 13.8. The molecule has 2 aromatic heterocycles. The van der Waals surface area contributed by atoms with Crippen molar-refractivity contribution in [2.75, 3.05) is 0 Å². The lowest BCUT2D eigenvalue weighted by Gasteiger charge is -2.33. The lowest BCUT2D eigenvalue weighted by molar-refractivity contribution is -0.227. The van der Waals surface area contributed by atoms with Crippen LogP contribution in [-0.4, -0.2) is 50.0 Å². The zero-order valence-electron chi connectivity index (χ0n) is 23.1. The van der Waals surface area contributed by atoms with Gasteiger partial charge >= 0.3 is 18.3 Å². The predicted octanol–water partition coefficient (Wildman–Crippen LogP) is 5.70. The molecule has 0 aliphatic carbocycles. The van der Waals surface area contributed by atoms with Gasteiger partial charge in [-0.15, -0.1) is 10.8 Å². The number of aryl methyl sites for hydroxylation is 1. The fourth-order valence-electron chi connectivity index (χ4n) is 4.76. The Morgan fingerprint density at radius 1 is 1.13 bits per heavy atom. The van der Waals surface area contributed by atoms with Gasteiger partial charge < -0.3 is 14.2 Å². The van der Waals surface area contributed by atoms with Crippen molar-refractivity contribution in [3.8, 4) is 0 Å². The topological polar surface area (TPSA) is 175 Å². The minimum Gasteiger partial charge on any atom is -0.455 e. The average Bonchev–Trinajstić information content (AvgIpc) is 3.64. The molecule has 3 heterocycles. The number of nitrogens with one attached hydrogen (secondary N) is 2. The third-order valence-corrected chi connectivity index (χ3v) is 10.2. The average molecular weight is 697 g/mol. The van der Waals surface area contributed by atoms with Gasteiger partial charge in [0.1, 0.15) is 27.8 Å². The van der Waals surface area contributed by atoms with Gasteiger partial charge in [-0.2, -0.15) is 26.3 Å². The molecule has 2 atom stereocenters. The number of para-hydroxylation sites is 2. The Morgan fingerprint density at radius 2 is 1.78 bits per heavy atom. The van der Waals surface area contributed by atoms with E-state index in [9.17, 15) is 53.5 Å². The van der Waals surface area contributed by atoms with Crippen LogP contribution in [0.5, 0.6) is 0 Å². The summed E-state index contributed by atoms with van der Waals surface area (Å²) in [6.07, 6.45) is -12.1. The van der Waals surface area contributed by atoms with Crippen molar-refractivity contribution in [2.45, 2.75) is 48.3 Å². The van der Waals surface area contributed by atoms with Crippen molar-refractivity contribution in [3.05, 3.63) is 83.1 Å². The second-order valence-electron chi connectivity index (χ2n) is 10.1. The highest BCUT2D eigenvalue weighted by atomic mass is 32.3. The minimum atomic E-state index is -5.79. The first kappa shape index (κ1) is 33.3. The minimum absolute atomic E-state index is 0.130. The molecule has 12 nitrogen and oxygen atoms in total. The van der Waals surface area contributed by atoms with E-state index in [4.69, 9.17) is 0 Å². The van der Waals surface area contributed by atoms with E-state index < -0.39 is 89.4 Å². The highest BCUT2D eigenvalue weighted by molar-refractivity contribution is 8.23. The van der Waals surface area contributed by atoms with Crippen molar-refractivity contribution < 1.29 is 62.7 Å². The number of amides is 1. The summed E-state index contributed by atoms with van der Waals surface area (Å²) in [5.74, 6) is -6.71. The van der Waals surface area contributed by atoms with Gasteiger partial charge in [0.25, 0.3) is 10.0 Å². The molecule has 1 aliphatic heterocycles. The zero-order chi connectivity index (χ0) is 33.8. The third kappa shape index (κ3) is 6.56. The molecule has 0 radical (unpaired) electrons. The number of nitrogens with zero attached hydrogens (tertiary/aromatic N) is 2. The molecule has 0 spiro atoms. The SMILES string of the molecule is Cc1cc(S(=O)(=O)N(OC(=O)C(F)(F)F)[C@@H](Cc2ccc(C3CC(=O)NS3(O)O)cc2)c2nc3ccccc3[nH]2)c(C(F)(F)F)o1. The summed E-state index contributed by atoms with van der Waals surface area (Å²) in [5.41, 5.74) is 0.844. The molecule has 1 fully saturated rings. The Balaban J connectivity index is 1.65. The molecular weight excluding hydrogens is 674 g/mol. The standard InChI is InChI=1S/C26H22F6N4O8S2/c1-13-10-20(22(43-13)25(27,28)29)46(41,42)36(44-24(38)26(30,31)32)18(23-33-16-4-2-3-5-17(16)34-23)11-14-6-8-15(9-7-14)19-12-21(37)35-45(19,39)40/h2-10,18-19,39-40H,11-12H2,1H3,(H,33,34)(H,35,37)/t18-,19?/m0/s1. The Labute approximate surface area is 256 Å². The van der Waals surface area contributed by atoms with Crippen molar-refractivity contribution in [1.29, 1.82) is 0 Å². The van der Waals surface area contributed by atoms with Gasteiger partial charge in [-0.1, -0.05) is 36.4 Å². The van der Waals surface area contributed by atoms with E-state index >= 15 is 0 Å². The summed E-state index contributed by atoms with van der Waals surface area (Å²) in [4.78, 5) is 33.4. The number of hydroxylamine groups is 1. The highest BCUT2D eigenvalue weighted by Gasteiger charge is 2.50. The molecule has 2 aromatic carbocycles. The quantitative estimate of drug-likeness (QED) is 0.133. The van der Waals surface area contributed by atoms with E-state index in [2.05, 4.69) is 23.9 Å². The van der Waals surface area contributed by atoms with Crippen molar-refractivity contribution >= 4 is 43.7 Å². The van der Waals surface area contributed by atoms with Gasteiger partial charge in [-0.05, 0) is 41.1 Å². The maximum Gasteiger partial charge on any atom is 0.492 e. The summed E-state index contributed by atoms with van der Waals surface area (Å²) in [6.45, 7) is 0.973. The Kier molecular flexibility index (Phi) is 8.39. The number of hydrogen-bond acceptors (Lipinski definition) is 9. The molecule has 0 bridgehead atoms. The number of benzene rings is 2. The molecule has 1 aliphatic rings. The van der Waals surface area contributed by atoms with Gasteiger partial charge in [0, 0.05) is 6.07 Å². The zero-order valence-corrected chi connectivity index (χ0v) is 24.7. The Hall–Kier alpha value is -4.11. The van der Waals surface area contributed by atoms with Crippen LogP contribution < -0.4 is 4.72 Å². The second kappa shape index (κ2) is 11.6. The molecule has 46 heavy (non-hydrogen) atoms. The number of H-pyrrole nitrogens is 1. The van der Waals surface area contributed by atoms with Gasteiger partial charge in [0.05, 0.1) is 17.5 Å². The van der Waals surface area contributed by atoms with Gasteiger partial charge in [0.15, 0.2) is 0 Å². The summed E-state index contributed by atoms with van der Waals surface area (Å²) in [7, 11) is -9.34. The summed E-state index contributed by atoms with van der Waals surface area (Å²) in [5, 5.41) is -1.05. The maximum atomic E-state index is 13.8. The number of fused-ring (bicyclic) bond motifs is 1. The van der Waals surface area contributed by atoms with Crippen LogP contribution in [0.25, 0.3) is 11.0 Å². The van der Waals surface area contributed by atoms with Crippen LogP contribution in [0.2, 0.25) is 0 Å². The molecule has 1 unspecified atom stereocenters. The number of alkyl halides is 6.